The van der Waals surface area contributed by atoms with Gasteiger partial charge in [0.1, 0.15) is 5.82 Å². The summed E-state index contributed by atoms with van der Waals surface area (Å²) in [5.41, 5.74) is -1.08. The van der Waals surface area contributed by atoms with Crippen molar-refractivity contribution in [3.8, 4) is 17.2 Å². The summed E-state index contributed by atoms with van der Waals surface area (Å²) in [6, 6.07) is 12.5. The molecule has 1 aromatic heterocycles. The normalized spacial score (nSPS) is 14.6. The van der Waals surface area contributed by atoms with E-state index in [1.807, 2.05) is 28.9 Å². The Morgan fingerprint density at radius 3 is 2.10 bits per heavy atom. The molecule has 1 saturated heterocycles. The number of aryl methyl sites for hydroxylation is 1. The molecule has 1 amide bonds. The van der Waals surface area contributed by atoms with Gasteiger partial charge in [0.25, 0.3) is 5.91 Å². The molecule has 0 atom stereocenters. The number of pyridine rings is 1. The molecule has 216 valence electrons. The van der Waals surface area contributed by atoms with Crippen molar-refractivity contribution in [2.45, 2.75) is 25.7 Å². The van der Waals surface area contributed by atoms with Crippen molar-refractivity contribution in [3.63, 3.8) is 0 Å². The Bertz CT molecular complexity index is 1440. The van der Waals surface area contributed by atoms with Gasteiger partial charge in [-0.05, 0) is 47.9 Å². The van der Waals surface area contributed by atoms with Crippen molar-refractivity contribution in [2.75, 3.05) is 44.7 Å². The number of benzene rings is 2. The molecule has 0 saturated carbocycles. The lowest BCUT2D eigenvalue weighted by Crippen LogP contribution is -2.46. The van der Waals surface area contributed by atoms with Crippen molar-refractivity contribution in [1.29, 1.82) is 5.26 Å². The van der Waals surface area contributed by atoms with E-state index >= 15 is 0 Å². The summed E-state index contributed by atoms with van der Waals surface area (Å²) in [5.74, 6) is -0.135. The summed E-state index contributed by atoms with van der Waals surface area (Å²) in [6.45, 7) is 4.19. The topological polar surface area (TPSA) is 72.3 Å². The van der Waals surface area contributed by atoms with Crippen LogP contribution in [-0.4, -0.2) is 55.6 Å². The molecule has 6 nitrogen and oxygen atoms in total. The minimum atomic E-state index is -5.01. The van der Waals surface area contributed by atoms with Crippen LogP contribution < -0.4 is 10.2 Å². The zero-order valence-corrected chi connectivity index (χ0v) is 22.3. The Kier molecular flexibility index (Phi) is 8.58. The van der Waals surface area contributed by atoms with Crippen LogP contribution in [0, 0.1) is 18.3 Å². The standard InChI is InChI=1S/C29H27F6N5O/c1-18-5-3-4-6-22(18)23-17-25(40-11-9-39(8-7-36)10-12-40)38-24(26(23)27(41)37-2)15-19-13-20(28(30,31)32)16-21(14-19)29(33,34)35/h3-6,13-14,16-17H,8-12,15H2,1-2H3,(H,37,41). The van der Waals surface area contributed by atoms with E-state index in [4.69, 9.17) is 5.26 Å². The average Bonchev–Trinajstić information content (AvgIpc) is 2.92. The molecule has 4 rings (SSSR count). The highest BCUT2D eigenvalue weighted by Crippen LogP contribution is 2.38. The maximum absolute atomic E-state index is 13.6. The molecule has 1 fully saturated rings. The molecular weight excluding hydrogens is 548 g/mol. The van der Waals surface area contributed by atoms with Gasteiger partial charge in [-0.2, -0.15) is 31.6 Å². The molecule has 1 aliphatic heterocycles. The van der Waals surface area contributed by atoms with E-state index in [1.54, 1.807) is 18.2 Å². The van der Waals surface area contributed by atoms with Crippen LogP contribution in [0.2, 0.25) is 0 Å². The number of rotatable bonds is 6. The molecule has 0 spiro atoms. The monoisotopic (exact) mass is 575 g/mol. The number of halogens is 6. The second kappa shape index (κ2) is 11.8. The largest absolute Gasteiger partial charge is 0.416 e. The van der Waals surface area contributed by atoms with Gasteiger partial charge in [-0.3, -0.25) is 9.69 Å². The van der Waals surface area contributed by atoms with Gasteiger partial charge in [-0.25, -0.2) is 4.98 Å². The highest BCUT2D eigenvalue weighted by Gasteiger charge is 2.37. The fourth-order valence-electron chi connectivity index (χ4n) is 4.89. The van der Waals surface area contributed by atoms with Crippen LogP contribution in [-0.2, 0) is 18.8 Å². The minimum Gasteiger partial charge on any atom is -0.355 e. The molecule has 3 aromatic rings. The van der Waals surface area contributed by atoms with E-state index in [2.05, 4.69) is 16.4 Å². The molecule has 0 unspecified atom stereocenters. The van der Waals surface area contributed by atoms with Gasteiger partial charge >= 0.3 is 12.4 Å². The summed E-state index contributed by atoms with van der Waals surface area (Å²) >= 11 is 0. The quantitative estimate of drug-likeness (QED) is 0.302. The minimum absolute atomic E-state index is 0.0482. The first kappa shape index (κ1) is 29.9. The molecule has 41 heavy (non-hydrogen) atoms. The molecule has 1 N–H and O–H groups in total. The first-order chi connectivity index (χ1) is 19.3. The van der Waals surface area contributed by atoms with Crippen LogP contribution >= 0.6 is 0 Å². The van der Waals surface area contributed by atoms with E-state index < -0.39 is 35.8 Å². The smallest absolute Gasteiger partial charge is 0.355 e. The van der Waals surface area contributed by atoms with Crippen molar-refractivity contribution in [1.82, 2.24) is 15.2 Å². The molecule has 0 radical (unpaired) electrons. The zero-order chi connectivity index (χ0) is 29.9. The molecule has 2 heterocycles. The lowest BCUT2D eigenvalue weighted by Gasteiger charge is -2.35. The lowest BCUT2D eigenvalue weighted by molar-refractivity contribution is -0.143. The Labute approximate surface area is 233 Å². The van der Waals surface area contributed by atoms with Crippen LogP contribution in [0.1, 0.15) is 38.3 Å². The third-order valence-corrected chi connectivity index (χ3v) is 6.98. The number of anilines is 1. The maximum Gasteiger partial charge on any atom is 0.416 e. The fraction of sp³-hybridized carbons (Fsp3) is 0.345. The summed E-state index contributed by atoms with van der Waals surface area (Å²) in [4.78, 5) is 21.8. The van der Waals surface area contributed by atoms with Gasteiger partial charge in [0.15, 0.2) is 0 Å². The molecule has 0 bridgehead atoms. The van der Waals surface area contributed by atoms with Crippen LogP contribution in [0.4, 0.5) is 32.2 Å². The Hall–Kier alpha value is -4.11. The van der Waals surface area contributed by atoms with Crippen LogP contribution in [0.15, 0.2) is 48.5 Å². The Morgan fingerprint density at radius 2 is 1.56 bits per heavy atom. The van der Waals surface area contributed by atoms with Gasteiger partial charge in [-0.15, -0.1) is 0 Å². The molecule has 0 aliphatic carbocycles. The van der Waals surface area contributed by atoms with Gasteiger partial charge in [-0.1, -0.05) is 24.3 Å². The first-order valence-corrected chi connectivity index (χ1v) is 12.8. The van der Waals surface area contributed by atoms with Crippen molar-refractivity contribution >= 4 is 11.7 Å². The van der Waals surface area contributed by atoms with Gasteiger partial charge in [0.2, 0.25) is 0 Å². The SMILES string of the molecule is CNC(=O)c1c(-c2ccccc2C)cc(N2CCN(CC#N)CC2)nc1Cc1cc(C(F)(F)F)cc(C(F)(F)F)c1. The lowest BCUT2D eigenvalue weighted by atomic mass is 9.92. The van der Waals surface area contributed by atoms with E-state index in [1.165, 1.54) is 7.05 Å². The molecular formula is C29H27F6N5O. The molecule has 12 heteroatoms. The van der Waals surface area contributed by atoms with Gasteiger partial charge in [0.05, 0.1) is 35.0 Å². The average molecular weight is 576 g/mol. The Morgan fingerprint density at radius 1 is 0.951 bits per heavy atom. The van der Waals surface area contributed by atoms with Gasteiger partial charge < -0.3 is 10.2 Å². The van der Waals surface area contributed by atoms with Crippen LogP contribution in [0.3, 0.4) is 0 Å². The second-order valence-corrected chi connectivity index (χ2v) is 9.76. The van der Waals surface area contributed by atoms with E-state index in [0.717, 1.165) is 5.56 Å². The fourth-order valence-corrected chi connectivity index (χ4v) is 4.89. The first-order valence-electron chi connectivity index (χ1n) is 12.8. The predicted octanol–water partition coefficient (Wildman–Crippen LogP) is 5.69. The van der Waals surface area contributed by atoms with Crippen LogP contribution in [0.5, 0.6) is 0 Å². The number of carbonyl (C=O) groups is 1. The number of aromatic nitrogens is 1. The zero-order valence-electron chi connectivity index (χ0n) is 22.3. The number of nitriles is 1. The summed E-state index contributed by atoms with van der Waals surface area (Å²) in [6.07, 6.45) is -10.5. The summed E-state index contributed by atoms with van der Waals surface area (Å²) in [5, 5.41) is 11.6. The number of carbonyl (C=O) groups excluding carboxylic acids is 1. The highest BCUT2D eigenvalue weighted by atomic mass is 19.4. The van der Waals surface area contributed by atoms with Crippen molar-refractivity contribution in [3.05, 3.63) is 82.0 Å². The second-order valence-electron chi connectivity index (χ2n) is 9.76. The number of alkyl halides is 6. The third-order valence-electron chi connectivity index (χ3n) is 6.98. The van der Waals surface area contributed by atoms with Gasteiger partial charge in [0, 0.05) is 45.2 Å². The Balaban J connectivity index is 1.91. The predicted molar refractivity (Wildman–Crippen MR) is 141 cm³/mol. The molecule has 1 aliphatic rings. The number of hydrogen-bond acceptors (Lipinski definition) is 5. The van der Waals surface area contributed by atoms with Crippen molar-refractivity contribution in [2.24, 2.45) is 0 Å². The van der Waals surface area contributed by atoms with Crippen LogP contribution in [0.25, 0.3) is 11.1 Å². The number of piperazine rings is 1. The summed E-state index contributed by atoms with van der Waals surface area (Å²) in [7, 11) is 1.39. The molecule has 2 aromatic carbocycles. The summed E-state index contributed by atoms with van der Waals surface area (Å²) < 4.78 is 81.5. The van der Waals surface area contributed by atoms with E-state index in [-0.39, 0.29) is 29.4 Å². The van der Waals surface area contributed by atoms with E-state index in [9.17, 15) is 31.1 Å². The maximum atomic E-state index is 13.6. The van der Waals surface area contributed by atoms with Crippen molar-refractivity contribution < 1.29 is 31.1 Å². The van der Waals surface area contributed by atoms with E-state index in [0.29, 0.717) is 55.3 Å². The third kappa shape index (κ3) is 6.79. The number of nitrogens with zero attached hydrogens (tertiary/aromatic N) is 4. The number of hydrogen-bond donors (Lipinski definition) is 1. The number of amides is 1. The number of nitrogens with one attached hydrogen (secondary N) is 1. The highest BCUT2D eigenvalue weighted by molar-refractivity contribution is 6.02.